The predicted molar refractivity (Wildman–Crippen MR) is 120 cm³/mol. The van der Waals surface area contributed by atoms with Crippen LogP contribution in [0.5, 0.6) is 0 Å². The predicted octanol–water partition coefficient (Wildman–Crippen LogP) is 2.48. The van der Waals surface area contributed by atoms with Crippen molar-refractivity contribution in [2.24, 2.45) is 0 Å². The van der Waals surface area contributed by atoms with Gasteiger partial charge in [-0.05, 0) is 50.1 Å². The lowest BCUT2D eigenvalue weighted by Crippen LogP contribution is -2.39. The molecule has 0 N–H and O–H groups in total. The number of para-hydroxylation sites is 1. The van der Waals surface area contributed by atoms with E-state index in [1.807, 2.05) is 25.1 Å². The number of hydrogen-bond donors (Lipinski definition) is 0. The number of amides is 1. The summed E-state index contributed by atoms with van der Waals surface area (Å²) in [5, 5.41) is 0. The van der Waals surface area contributed by atoms with E-state index in [2.05, 4.69) is 0 Å². The van der Waals surface area contributed by atoms with Crippen LogP contribution in [0.1, 0.15) is 29.8 Å². The van der Waals surface area contributed by atoms with Crippen LogP contribution in [-0.4, -0.2) is 64.6 Å². The summed E-state index contributed by atoms with van der Waals surface area (Å²) in [4.78, 5) is 26.4. The fourth-order valence-corrected chi connectivity index (χ4v) is 5.54. The first-order valence-corrected chi connectivity index (χ1v) is 11.9. The fourth-order valence-electron chi connectivity index (χ4n) is 3.81. The van der Waals surface area contributed by atoms with Gasteiger partial charge >= 0.3 is 5.97 Å². The number of nitrogens with zero attached hydrogens (tertiary/aromatic N) is 2. The number of carbonyl (C=O) groups excluding carboxylic acids is 2. The first kappa shape index (κ1) is 23.7. The molecule has 1 aliphatic heterocycles. The van der Waals surface area contributed by atoms with Crippen molar-refractivity contribution in [3.63, 3.8) is 0 Å². The molecule has 1 atom stereocenters. The van der Waals surface area contributed by atoms with E-state index in [0.717, 1.165) is 5.56 Å². The van der Waals surface area contributed by atoms with Crippen molar-refractivity contribution in [3.05, 3.63) is 59.7 Å². The third-order valence-corrected chi connectivity index (χ3v) is 7.18. The monoisotopic (exact) mass is 460 g/mol. The first-order chi connectivity index (χ1) is 15.3. The molecule has 2 aromatic carbocycles. The smallest absolute Gasteiger partial charge is 0.325 e. The van der Waals surface area contributed by atoms with Crippen LogP contribution < -0.4 is 4.31 Å². The molecule has 9 heteroatoms. The van der Waals surface area contributed by atoms with E-state index >= 15 is 0 Å². The number of rotatable bonds is 9. The molecule has 1 amide bonds. The number of carbonyl (C=O) groups is 2. The number of esters is 1. The topological polar surface area (TPSA) is 93.2 Å². The summed E-state index contributed by atoms with van der Waals surface area (Å²) in [5.74, 6) is -1.01. The third-order valence-electron chi connectivity index (χ3n) is 5.26. The molecule has 0 saturated heterocycles. The standard InChI is InChI=1S/C23H28N2O6S/c1-4-31-22(26)16-24(12-13-30-3)23(27)19-9-7-10-20(15-19)32(28,29)25-17(2)14-18-8-5-6-11-21(18)25/h5-11,15,17H,4,12-14,16H2,1-3H3. The minimum atomic E-state index is -3.89. The van der Waals surface area contributed by atoms with Gasteiger partial charge in [0.25, 0.3) is 15.9 Å². The zero-order chi connectivity index (χ0) is 23.3. The summed E-state index contributed by atoms with van der Waals surface area (Å²) in [5.41, 5.74) is 1.79. The van der Waals surface area contributed by atoms with Gasteiger partial charge in [0.2, 0.25) is 0 Å². The van der Waals surface area contributed by atoms with E-state index < -0.39 is 21.9 Å². The average Bonchev–Trinajstić information content (AvgIpc) is 3.12. The second-order valence-electron chi connectivity index (χ2n) is 7.54. The fraction of sp³-hybridized carbons (Fsp3) is 0.391. The van der Waals surface area contributed by atoms with E-state index in [1.165, 1.54) is 40.6 Å². The van der Waals surface area contributed by atoms with Gasteiger partial charge in [-0.15, -0.1) is 0 Å². The molecule has 0 aliphatic carbocycles. The van der Waals surface area contributed by atoms with E-state index in [1.54, 1.807) is 13.0 Å². The number of methoxy groups -OCH3 is 1. The minimum absolute atomic E-state index is 0.0229. The molecule has 0 radical (unpaired) electrons. The molecule has 3 rings (SSSR count). The lowest BCUT2D eigenvalue weighted by Gasteiger charge is -2.25. The van der Waals surface area contributed by atoms with Gasteiger partial charge < -0.3 is 14.4 Å². The summed E-state index contributed by atoms with van der Waals surface area (Å²) >= 11 is 0. The van der Waals surface area contributed by atoms with Crippen molar-refractivity contribution in [2.45, 2.75) is 31.2 Å². The first-order valence-electron chi connectivity index (χ1n) is 10.5. The number of ether oxygens (including phenoxy) is 2. The number of sulfonamides is 1. The van der Waals surface area contributed by atoms with Crippen LogP contribution in [-0.2, 0) is 30.7 Å². The van der Waals surface area contributed by atoms with Crippen molar-refractivity contribution in [3.8, 4) is 0 Å². The lowest BCUT2D eigenvalue weighted by molar-refractivity contribution is -0.143. The summed E-state index contributed by atoms with van der Waals surface area (Å²) in [6, 6.07) is 13.1. The molecule has 0 spiro atoms. The molecule has 1 aliphatic rings. The maximum atomic E-state index is 13.5. The van der Waals surface area contributed by atoms with Gasteiger partial charge in [-0.2, -0.15) is 0 Å². The van der Waals surface area contributed by atoms with Gasteiger partial charge in [-0.3, -0.25) is 13.9 Å². The van der Waals surface area contributed by atoms with Crippen LogP contribution >= 0.6 is 0 Å². The molecule has 0 fully saturated rings. The number of benzene rings is 2. The molecule has 8 nitrogen and oxygen atoms in total. The normalized spacial score (nSPS) is 15.3. The van der Waals surface area contributed by atoms with Crippen LogP contribution in [0.3, 0.4) is 0 Å². The zero-order valence-electron chi connectivity index (χ0n) is 18.5. The Labute approximate surface area is 188 Å². The van der Waals surface area contributed by atoms with E-state index in [9.17, 15) is 18.0 Å². The average molecular weight is 461 g/mol. The van der Waals surface area contributed by atoms with Gasteiger partial charge in [0.15, 0.2) is 0 Å². The summed E-state index contributed by atoms with van der Waals surface area (Å²) in [6.45, 7) is 3.90. The molecular formula is C23H28N2O6S. The van der Waals surface area contributed by atoms with Crippen molar-refractivity contribution in [2.75, 3.05) is 37.7 Å². The van der Waals surface area contributed by atoms with Gasteiger partial charge in [-0.25, -0.2) is 8.42 Å². The number of fused-ring (bicyclic) bond motifs is 1. The summed E-state index contributed by atoms with van der Waals surface area (Å²) in [6.07, 6.45) is 0.623. The van der Waals surface area contributed by atoms with Crippen LogP contribution in [0.15, 0.2) is 53.4 Å². The third kappa shape index (κ3) is 4.94. The van der Waals surface area contributed by atoms with Crippen molar-refractivity contribution in [1.29, 1.82) is 0 Å². The Morgan fingerprint density at radius 2 is 1.91 bits per heavy atom. The Bertz CT molecular complexity index is 1090. The van der Waals surface area contributed by atoms with Crippen molar-refractivity contribution < 1.29 is 27.5 Å². The van der Waals surface area contributed by atoms with Crippen LogP contribution in [0.4, 0.5) is 5.69 Å². The van der Waals surface area contributed by atoms with Crippen LogP contribution in [0, 0.1) is 0 Å². The van der Waals surface area contributed by atoms with Crippen LogP contribution in [0.2, 0.25) is 0 Å². The van der Waals surface area contributed by atoms with E-state index in [0.29, 0.717) is 12.1 Å². The van der Waals surface area contributed by atoms with Gasteiger partial charge in [0.1, 0.15) is 6.54 Å². The molecule has 2 aromatic rings. The number of anilines is 1. The zero-order valence-corrected chi connectivity index (χ0v) is 19.3. The van der Waals surface area contributed by atoms with E-state index in [-0.39, 0.29) is 42.8 Å². The van der Waals surface area contributed by atoms with Crippen molar-refractivity contribution in [1.82, 2.24) is 4.90 Å². The quantitative estimate of drug-likeness (QED) is 0.534. The highest BCUT2D eigenvalue weighted by Crippen LogP contribution is 2.36. The van der Waals surface area contributed by atoms with Gasteiger partial charge in [0, 0.05) is 25.3 Å². The van der Waals surface area contributed by atoms with Gasteiger partial charge in [-0.1, -0.05) is 24.3 Å². The second-order valence-corrected chi connectivity index (χ2v) is 9.35. The minimum Gasteiger partial charge on any atom is -0.465 e. The molecule has 0 aromatic heterocycles. The Morgan fingerprint density at radius 3 is 2.62 bits per heavy atom. The SMILES string of the molecule is CCOC(=O)CN(CCOC)C(=O)c1cccc(S(=O)(=O)N2c3ccccc3CC2C)c1. The van der Waals surface area contributed by atoms with Gasteiger partial charge in [0.05, 0.1) is 23.8 Å². The Morgan fingerprint density at radius 1 is 1.16 bits per heavy atom. The highest BCUT2D eigenvalue weighted by molar-refractivity contribution is 7.92. The highest BCUT2D eigenvalue weighted by atomic mass is 32.2. The molecule has 172 valence electrons. The maximum Gasteiger partial charge on any atom is 0.325 e. The summed E-state index contributed by atoms with van der Waals surface area (Å²) in [7, 11) is -2.39. The lowest BCUT2D eigenvalue weighted by atomic mass is 10.1. The number of hydrogen-bond acceptors (Lipinski definition) is 6. The molecule has 1 heterocycles. The highest BCUT2D eigenvalue weighted by Gasteiger charge is 2.36. The largest absolute Gasteiger partial charge is 0.465 e. The molecule has 0 saturated carbocycles. The Balaban J connectivity index is 1.91. The summed E-state index contributed by atoms with van der Waals surface area (Å²) < 4.78 is 38.4. The van der Waals surface area contributed by atoms with Crippen LogP contribution in [0.25, 0.3) is 0 Å². The molecule has 32 heavy (non-hydrogen) atoms. The van der Waals surface area contributed by atoms with Crippen molar-refractivity contribution >= 4 is 27.6 Å². The Kier molecular flexibility index (Phi) is 7.52. The Hall–Kier alpha value is -2.91. The second kappa shape index (κ2) is 10.1. The molecule has 0 bridgehead atoms. The molecule has 1 unspecified atom stereocenters. The maximum absolute atomic E-state index is 13.5. The molecular weight excluding hydrogens is 432 g/mol. The van der Waals surface area contributed by atoms with E-state index in [4.69, 9.17) is 9.47 Å².